The zero-order chi connectivity index (χ0) is 13.4. The van der Waals surface area contributed by atoms with Crippen LogP contribution in [0.25, 0.3) is 0 Å². The molecule has 4 heteroatoms. The van der Waals surface area contributed by atoms with Gasteiger partial charge in [-0.3, -0.25) is 0 Å². The maximum Gasteiger partial charge on any atom is 0.123 e. The molecule has 1 aromatic carbocycles. The topological polar surface area (TPSA) is 18.5 Å². The highest BCUT2D eigenvalue weighted by Gasteiger charge is 2.11. The molecule has 1 unspecified atom stereocenters. The summed E-state index contributed by atoms with van der Waals surface area (Å²) in [5.74, 6) is 0.290. The average molecular weight is 319 g/mol. The van der Waals surface area contributed by atoms with Crippen LogP contribution in [0.1, 0.15) is 25.5 Å². The number of alkyl halides is 1. The predicted molar refractivity (Wildman–Crippen MR) is 74.5 cm³/mol. The lowest BCUT2D eigenvalue weighted by atomic mass is 10.1. The SMILES string of the molecule is CC(C)COCCOC(CBr)c1cccc(F)c1. The standard InChI is InChI=1S/C14H20BrFO2/c1-11(2)10-17-6-7-18-14(9-15)12-4-3-5-13(16)8-12/h3-5,8,11,14H,6-7,9-10H2,1-2H3. The molecular weight excluding hydrogens is 299 g/mol. The Morgan fingerprint density at radius 3 is 2.67 bits per heavy atom. The first kappa shape index (κ1) is 15.6. The first-order valence-corrected chi connectivity index (χ1v) is 7.26. The fraction of sp³-hybridized carbons (Fsp3) is 0.571. The lowest BCUT2D eigenvalue weighted by Crippen LogP contribution is -2.13. The monoisotopic (exact) mass is 318 g/mol. The number of hydrogen-bond donors (Lipinski definition) is 0. The quantitative estimate of drug-likeness (QED) is 0.533. The summed E-state index contributed by atoms with van der Waals surface area (Å²) in [6.45, 7) is 6.03. The molecule has 1 rings (SSSR count). The molecule has 0 aromatic heterocycles. The van der Waals surface area contributed by atoms with Crippen molar-refractivity contribution < 1.29 is 13.9 Å². The Morgan fingerprint density at radius 2 is 2.06 bits per heavy atom. The molecular formula is C14H20BrFO2. The van der Waals surface area contributed by atoms with Crippen LogP contribution in [-0.2, 0) is 9.47 Å². The molecule has 0 aliphatic carbocycles. The van der Waals surface area contributed by atoms with Crippen LogP contribution in [0.5, 0.6) is 0 Å². The Labute approximate surface area is 117 Å². The highest BCUT2D eigenvalue weighted by molar-refractivity contribution is 9.09. The van der Waals surface area contributed by atoms with Gasteiger partial charge >= 0.3 is 0 Å². The van der Waals surface area contributed by atoms with Gasteiger partial charge in [0, 0.05) is 11.9 Å². The molecule has 102 valence electrons. The number of halogens is 2. The van der Waals surface area contributed by atoms with Crippen LogP contribution in [0.2, 0.25) is 0 Å². The van der Waals surface area contributed by atoms with Crippen LogP contribution >= 0.6 is 15.9 Å². The molecule has 0 aliphatic rings. The van der Waals surface area contributed by atoms with Gasteiger partial charge in [0.1, 0.15) is 5.82 Å². The average Bonchev–Trinajstić information content (AvgIpc) is 2.33. The second-order valence-electron chi connectivity index (χ2n) is 4.54. The largest absolute Gasteiger partial charge is 0.379 e. The van der Waals surface area contributed by atoms with Crippen LogP contribution in [-0.4, -0.2) is 25.2 Å². The molecule has 1 aromatic rings. The zero-order valence-corrected chi connectivity index (χ0v) is 12.5. The lowest BCUT2D eigenvalue weighted by Gasteiger charge is -2.16. The van der Waals surface area contributed by atoms with Crippen molar-refractivity contribution in [3.8, 4) is 0 Å². The van der Waals surface area contributed by atoms with Crippen molar-refractivity contribution in [2.24, 2.45) is 5.92 Å². The smallest absolute Gasteiger partial charge is 0.123 e. The zero-order valence-electron chi connectivity index (χ0n) is 10.9. The molecule has 0 fully saturated rings. The third-order valence-corrected chi connectivity index (χ3v) is 2.95. The van der Waals surface area contributed by atoms with Crippen molar-refractivity contribution in [3.05, 3.63) is 35.6 Å². The maximum atomic E-state index is 13.1. The molecule has 0 heterocycles. The van der Waals surface area contributed by atoms with Crippen molar-refractivity contribution in [3.63, 3.8) is 0 Å². The molecule has 0 saturated heterocycles. The Balaban J connectivity index is 2.34. The molecule has 0 radical (unpaired) electrons. The summed E-state index contributed by atoms with van der Waals surface area (Å²) in [7, 11) is 0. The van der Waals surface area contributed by atoms with Crippen LogP contribution in [0.15, 0.2) is 24.3 Å². The normalized spacial score (nSPS) is 12.9. The highest BCUT2D eigenvalue weighted by atomic mass is 79.9. The van der Waals surface area contributed by atoms with E-state index in [1.807, 2.05) is 6.07 Å². The Bertz CT molecular complexity index is 344. The van der Waals surface area contributed by atoms with Gasteiger partial charge in [-0.1, -0.05) is 41.9 Å². The van der Waals surface area contributed by atoms with E-state index in [-0.39, 0.29) is 11.9 Å². The Hall–Kier alpha value is -0.450. The lowest BCUT2D eigenvalue weighted by molar-refractivity contribution is 0.00751. The molecule has 0 amide bonds. The van der Waals surface area contributed by atoms with Gasteiger partial charge in [0.05, 0.1) is 19.3 Å². The minimum absolute atomic E-state index is 0.136. The van der Waals surface area contributed by atoms with E-state index in [2.05, 4.69) is 29.8 Å². The van der Waals surface area contributed by atoms with E-state index in [4.69, 9.17) is 9.47 Å². The van der Waals surface area contributed by atoms with Crippen LogP contribution in [0.4, 0.5) is 4.39 Å². The van der Waals surface area contributed by atoms with Gasteiger partial charge < -0.3 is 9.47 Å². The van der Waals surface area contributed by atoms with E-state index in [1.165, 1.54) is 12.1 Å². The van der Waals surface area contributed by atoms with Gasteiger partial charge in [-0.05, 0) is 23.6 Å². The van der Waals surface area contributed by atoms with Gasteiger partial charge in [-0.25, -0.2) is 4.39 Å². The van der Waals surface area contributed by atoms with Gasteiger partial charge in [-0.15, -0.1) is 0 Å². The molecule has 0 bridgehead atoms. The van der Waals surface area contributed by atoms with E-state index in [0.29, 0.717) is 24.5 Å². The summed E-state index contributed by atoms with van der Waals surface area (Å²) < 4.78 is 24.2. The van der Waals surface area contributed by atoms with Crippen LogP contribution < -0.4 is 0 Å². The van der Waals surface area contributed by atoms with Crippen molar-refractivity contribution in [2.75, 3.05) is 25.2 Å². The fourth-order valence-electron chi connectivity index (χ4n) is 1.51. The van der Waals surface area contributed by atoms with Crippen LogP contribution in [0, 0.1) is 11.7 Å². The molecule has 2 nitrogen and oxygen atoms in total. The fourth-order valence-corrected chi connectivity index (χ4v) is 2.07. The second kappa shape index (κ2) is 8.62. The van der Waals surface area contributed by atoms with Crippen molar-refractivity contribution in [2.45, 2.75) is 20.0 Å². The summed E-state index contributed by atoms with van der Waals surface area (Å²) in [5, 5.41) is 0.640. The van der Waals surface area contributed by atoms with E-state index in [9.17, 15) is 4.39 Å². The van der Waals surface area contributed by atoms with Gasteiger partial charge in [0.15, 0.2) is 0 Å². The van der Waals surface area contributed by atoms with E-state index in [0.717, 1.165) is 12.2 Å². The van der Waals surface area contributed by atoms with Crippen molar-refractivity contribution in [1.29, 1.82) is 0 Å². The summed E-state index contributed by atoms with van der Waals surface area (Å²) in [5.41, 5.74) is 0.843. The molecule has 0 spiro atoms. The summed E-state index contributed by atoms with van der Waals surface area (Å²) >= 11 is 3.38. The summed E-state index contributed by atoms with van der Waals surface area (Å²) in [6.07, 6.45) is -0.136. The number of hydrogen-bond acceptors (Lipinski definition) is 2. The Kier molecular flexibility index (Phi) is 7.47. The first-order chi connectivity index (χ1) is 8.63. The molecule has 0 aliphatic heterocycles. The van der Waals surface area contributed by atoms with E-state index >= 15 is 0 Å². The molecule has 0 saturated carbocycles. The maximum absolute atomic E-state index is 13.1. The molecule has 18 heavy (non-hydrogen) atoms. The van der Waals surface area contributed by atoms with Gasteiger partial charge in [-0.2, -0.15) is 0 Å². The highest BCUT2D eigenvalue weighted by Crippen LogP contribution is 2.20. The first-order valence-electron chi connectivity index (χ1n) is 6.14. The number of ether oxygens (including phenoxy) is 2. The number of benzene rings is 1. The Morgan fingerprint density at radius 1 is 1.28 bits per heavy atom. The van der Waals surface area contributed by atoms with E-state index in [1.54, 1.807) is 6.07 Å². The summed E-state index contributed by atoms with van der Waals surface area (Å²) in [6, 6.07) is 6.49. The molecule has 0 N–H and O–H groups in total. The van der Waals surface area contributed by atoms with Crippen molar-refractivity contribution in [1.82, 2.24) is 0 Å². The minimum Gasteiger partial charge on any atom is -0.379 e. The third-order valence-electron chi connectivity index (χ3n) is 2.36. The minimum atomic E-state index is -0.238. The predicted octanol–water partition coefficient (Wildman–Crippen LogP) is 3.95. The molecule has 1 atom stereocenters. The van der Waals surface area contributed by atoms with Crippen LogP contribution in [0.3, 0.4) is 0 Å². The third kappa shape index (κ3) is 5.94. The summed E-state index contributed by atoms with van der Waals surface area (Å²) in [4.78, 5) is 0. The van der Waals surface area contributed by atoms with Gasteiger partial charge in [0.2, 0.25) is 0 Å². The number of rotatable bonds is 8. The second-order valence-corrected chi connectivity index (χ2v) is 5.18. The van der Waals surface area contributed by atoms with Gasteiger partial charge in [0.25, 0.3) is 0 Å². The van der Waals surface area contributed by atoms with E-state index < -0.39 is 0 Å². The van der Waals surface area contributed by atoms with Crippen molar-refractivity contribution >= 4 is 15.9 Å².